The minimum atomic E-state index is -4.13. The second-order valence-electron chi connectivity index (χ2n) is 9.02. The van der Waals surface area contributed by atoms with Crippen LogP contribution in [0.15, 0.2) is 84.9 Å². The summed E-state index contributed by atoms with van der Waals surface area (Å²) in [5.74, 6) is 0.0917. The van der Waals surface area contributed by atoms with Gasteiger partial charge in [0.15, 0.2) is 0 Å². The highest BCUT2D eigenvalue weighted by Gasteiger charge is 2.40. The normalized spacial score (nSPS) is 16.1. The van der Waals surface area contributed by atoms with E-state index in [2.05, 4.69) is 29.2 Å². The Morgan fingerprint density at radius 2 is 1.54 bits per heavy atom. The number of ether oxygens (including phenoxy) is 1. The van der Waals surface area contributed by atoms with Crippen LogP contribution >= 0.6 is 0 Å². The summed E-state index contributed by atoms with van der Waals surface area (Å²) in [5, 5.41) is 5.07. The zero-order valence-corrected chi connectivity index (χ0v) is 20.6. The summed E-state index contributed by atoms with van der Waals surface area (Å²) >= 11 is 0. The van der Waals surface area contributed by atoms with Gasteiger partial charge in [-0.1, -0.05) is 72.8 Å². The molecule has 1 aliphatic heterocycles. The van der Waals surface area contributed by atoms with Gasteiger partial charge in [0.1, 0.15) is 5.75 Å². The molecule has 0 aromatic heterocycles. The molecule has 0 unspecified atom stereocenters. The molecular formula is C27H31N3O4S. The lowest BCUT2D eigenvalue weighted by Gasteiger charge is -2.45. The van der Waals surface area contributed by atoms with Crippen LogP contribution in [0, 0.1) is 0 Å². The fourth-order valence-electron chi connectivity index (χ4n) is 5.12. The Kier molecular flexibility index (Phi) is 7.54. The highest BCUT2D eigenvalue weighted by molar-refractivity contribution is 7.87. The van der Waals surface area contributed by atoms with Gasteiger partial charge in [0.2, 0.25) is 5.91 Å². The number of rotatable bonds is 8. The van der Waals surface area contributed by atoms with Crippen molar-refractivity contribution in [3.05, 3.63) is 102 Å². The minimum Gasteiger partial charge on any atom is -0.497 e. The van der Waals surface area contributed by atoms with Crippen LogP contribution in [0.4, 0.5) is 0 Å². The highest BCUT2D eigenvalue weighted by Crippen LogP contribution is 2.42. The van der Waals surface area contributed by atoms with Crippen molar-refractivity contribution in [3.63, 3.8) is 0 Å². The summed E-state index contributed by atoms with van der Waals surface area (Å²) in [5.41, 5.74) is 2.83. The van der Waals surface area contributed by atoms with E-state index >= 15 is 0 Å². The number of hydrogen-bond donors (Lipinski definition) is 2. The Morgan fingerprint density at radius 1 is 0.971 bits per heavy atom. The lowest BCUT2D eigenvalue weighted by atomic mass is 9.70. The van der Waals surface area contributed by atoms with E-state index in [-0.39, 0.29) is 12.5 Å². The second-order valence-corrected chi connectivity index (χ2v) is 10.3. The number of nitrogens with zero attached hydrogens (tertiary/aromatic N) is 1. The molecule has 1 saturated heterocycles. The standard InChI is InChI=1S/C27H31N3O4S/c1-34-24-14-8-13-23(19-24)27(20-25(31)29-35(28,32)33)15-17-30(18-16-27)26(21-9-4-2-5-10-21)22-11-6-3-7-12-22/h2-14,19,26H,15-18,20H2,1H3,(H,29,31)(H2,28,32,33). The van der Waals surface area contributed by atoms with Gasteiger partial charge in [0.05, 0.1) is 13.2 Å². The number of methoxy groups -OCH3 is 1. The van der Waals surface area contributed by atoms with Crippen LogP contribution in [0.3, 0.4) is 0 Å². The second kappa shape index (κ2) is 10.6. The number of nitrogens with one attached hydrogen (secondary N) is 1. The number of piperidine rings is 1. The van der Waals surface area contributed by atoms with Gasteiger partial charge in [-0.3, -0.25) is 9.69 Å². The smallest absolute Gasteiger partial charge is 0.298 e. The molecule has 0 spiro atoms. The predicted octanol–water partition coefficient (Wildman–Crippen LogP) is 3.53. The summed E-state index contributed by atoms with van der Waals surface area (Å²) in [7, 11) is -2.52. The Morgan fingerprint density at radius 3 is 2.06 bits per heavy atom. The fourth-order valence-corrected chi connectivity index (χ4v) is 5.51. The quantitative estimate of drug-likeness (QED) is 0.500. The topological polar surface area (TPSA) is 102 Å². The molecule has 0 bridgehead atoms. The first kappa shape index (κ1) is 24.9. The molecule has 35 heavy (non-hydrogen) atoms. The molecule has 0 saturated carbocycles. The molecule has 4 rings (SSSR count). The van der Waals surface area contributed by atoms with E-state index in [1.165, 1.54) is 11.1 Å². The molecule has 1 amide bonds. The molecule has 1 heterocycles. The molecule has 0 atom stereocenters. The minimum absolute atomic E-state index is 0.0196. The molecule has 0 aliphatic carbocycles. The number of nitrogens with two attached hydrogens (primary N) is 1. The number of benzene rings is 3. The SMILES string of the molecule is COc1cccc(C2(CC(=O)NS(N)(=O)=O)CCN(C(c3ccccc3)c3ccccc3)CC2)c1. The molecular weight excluding hydrogens is 462 g/mol. The van der Waals surface area contributed by atoms with Crippen molar-refractivity contribution in [1.82, 2.24) is 9.62 Å². The summed E-state index contributed by atoms with van der Waals surface area (Å²) in [6.07, 6.45) is 1.37. The molecule has 3 aromatic carbocycles. The largest absolute Gasteiger partial charge is 0.497 e. The molecule has 184 valence electrons. The predicted molar refractivity (Wildman–Crippen MR) is 136 cm³/mol. The zero-order chi connectivity index (χ0) is 24.9. The van der Waals surface area contributed by atoms with Crippen molar-refractivity contribution in [2.24, 2.45) is 5.14 Å². The van der Waals surface area contributed by atoms with Crippen LogP contribution < -0.4 is 14.6 Å². The zero-order valence-electron chi connectivity index (χ0n) is 19.8. The molecule has 3 aromatic rings. The van der Waals surface area contributed by atoms with Crippen LogP contribution in [-0.4, -0.2) is 39.4 Å². The fraction of sp³-hybridized carbons (Fsp3) is 0.296. The Hall–Kier alpha value is -3.20. The number of carbonyl (C=O) groups is 1. The number of carbonyl (C=O) groups excluding carboxylic acids is 1. The Labute approximate surface area is 207 Å². The van der Waals surface area contributed by atoms with Crippen molar-refractivity contribution < 1.29 is 17.9 Å². The number of likely N-dealkylation sites (tertiary alicyclic amines) is 1. The van der Waals surface area contributed by atoms with Crippen LogP contribution in [0.25, 0.3) is 0 Å². The maximum Gasteiger partial charge on any atom is 0.298 e. The summed E-state index contributed by atoms with van der Waals surface area (Å²) in [4.78, 5) is 15.1. The van der Waals surface area contributed by atoms with Gasteiger partial charge in [-0.05, 0) is 54.8 Å². The van der Waals surface area contributed by atoms with Crippen molar-refractivity contribution in [2.45, 2.75) is 30.7 Å². The van der Waals surface area contributed by atoms with E-state index in [9.17, 15) is 13.2 Å². The summed E-state index contributed by atoms with van der Waals surface area (Å²) in [6, 6.07) is 28.5. The van der Waals surface area contributed by atoms with E-state index in [4.69, 9.17) is 9.88 Å². The van der Waals surface area contributed by atoms with Gasteiger partial charge in [-0.15, -0.1) is 0 Å². The van der Waals surface area contributed by atoms with Gasteiger partial charge < -0.3 is 4.74 Å². The van der Waals surface area contributed by atoms with Gasteiger partial charge in [-0.25, -0.2) is 9.86 Å². The molecule has 1 fully saturated rings. The molecule has 0 radical (unpaired) electrons. The van der Waals surface area contributed by atoms with E-state index < -0.39 is 21.5 Å². The first-order chi connectivity index (χ1) is 16.8. The number of hydrogen-bond acceptors (Lipinski definition) is 5. The Bertz CT molecular complexity index is 1200. The van der Waals surface area contributed by atoms with Crippen LogP contribution in [0.1, 0.15) is 42.0 Å². The van der Waals surface area contributed by atoms with Crippen molar-refractivity contribution in [3.8, 4) is 5.75 Å². The third kappa shape index (κ3) is 6.08. The van der Waals surface area contributed by atoms with Crippen molar-refractivity contribution in [1.29, 1.82) is 0 Å². The lowest BCUT2D eigenvalue weighted by molar-refractivity contribution is -0.121. The summed E-state index contributed by atoms with van der Waals surface area (Å²) < 4.78 is 30.4. The number of amides is 1. The van der Waals surface area contributed by atoms with Crippen LogP contribution in [-0.2, 0) is 20.4 Å². The van der Waals surface area contributed by atoms with Crippen molar-refractivity contribution in [2.75, 3.05) is 20.2 Å². The molecule has 3 N–H and O–H groups in total. The van der Waals surface area contributed by atoms with Gasteiger partial charge in [-0.2, -0.15) is 8.42 Å². The average molecular weight is 494 g/mol. The van der Waals surface area contributed by atoms with E-state index in [1.807, 2.05) is 65.4 Å². The molecule has 8 heteroatoms. The molecule has 1 aliphatic rings. The maximum absolute atomic E-state index is 12.7. The van der Waals surface area contributed by atoms with Gasteiger partial charge in [0, 0.05) is 11.8 Å². The first-order valence-corrected chi connectivity index (χ1v) is 13.2. The van der Waals surface area contributed by atoms with E-state index in [1.54, 1.807) is 7.11 Å². The maximum atomic E-state index is 12.7. The summed E-state index contributed by atoms with van der Waals surface area (Å²) in [6.45, 7) is 1.46. The van der Waals surface area contributed by atoms with Crippen LogP contribution in [0.2, 0.25) is 0 Å². The Balaban J connectivity index is 1.65. The third-order valence-electron chi connectivity index (χ3n) is 6.79. The lowest BCUT2D eigenvalue weighted by Crippen LogP contribution is -2.47. The highest BCUT2D eigenvalue weighted by atomic mass is 32.2. The average Bonchev–Trinajstić information content (AvgIpc) is 2.85. The van der Waals surface area contributed by atoms with E-state index in [0.717, 1.165) is 18.7 Å². The van der Waals surface area contributed by atoms with Crippen LogP contribution in [0.5, 0.6) is 5.75 Å². The van der Waals surface area contributed by atoms with Gasteiger partial charge in [0.25, 0.3) is 10.2 Å². The molecule has 7 nitrogen and oxygen atoms in total. The monoisotopic (exact) mass is 493 g/mol. The first-order valence-electron chi connectivity index (χ1n) is 11.6. The van der Waals surface area contributed by atoms with E-state index in [0.29, 0.717) is 18.6 Å². The third-order valence-corrected chi connectivity index (χ3v) is 7.30. The van der Waals surface area contributed by atoms with Crippen molar-refractivity contribution >= 4 is 16.1 Å². The van der Waals surface area contributed by atoms with Gasteiger partial charge >= 0.3 is 0 Å².